The molecule has 0 saturated heterocycles. The van der Waals surface area contributed by atoms with E-state index in [-0.39, 0.29) is 0 Å². The van der Waals surface area contributed by atoms with E-state index in [2.05, 4.69) is 63.6 Å². The summed E-state index contributed by atoms with van der Waals surface area (Å²) in [5.74, 6) is 0. The molecule has 0 aliphatic carbocycles. The van der Waals surface area contributed by atoms with Crippen LogP contribution in [-0.4, -0.2) is 5.33 Å². The molecule has 1 rings (SSSR count). The molecular weight excluding hydrogens is 327 g/mol. The number of rotatable bonds is 3. The normalized spacial score (nSPS) is 10.2. The Hall–Kier alpha value is 0.430. The first kappa shape index (κ1) is 10.5. The first-order chi connectivity index (χ1) is 5.74. The second kappa shape index (κ2) is 5.22. The SMILES string of the molecule is Cc1ccc(CCCBr)c(I)c1. The van der Waals surface area contributed by atoms with E-state index >= 15 is 0 Å². The van der Waals surface area contributed by atoms with Crippen LogP contribution in [0.2, 0.25) is 0 Å². The number of aryl methyl sites for hydroxylation is 2. The van der Waals surface area contributed by atoms with Crippen molar-refractivity contribution in [3.05, 3.63) is 32.9 Å². The zero-order valence-corrected chi connectivity index (χ0v) is 10.9. The first-order valence-electron chi connectivity index (χ1n) is 4.05. The molecule has 0 fully saturated rings. The van der Waals surface area contributed by atoms with Gasteiger partial charge in [0.2, 0.25) is 0 Å². The van der Waals surface area contributed by atoms with Crippen LogP contribution in [0.5, 0.6) is 0 Å². The van der Waals surface area contributed by atoms with Crippen LogP contribution < -0.4 is 0 Å². The van der Waals surface area contributed by atoms with Gasteiger partial charge in [0, 0.05) is 8.90 Å². The largest absolute Gasteiger partial charge is 0.0928 e. The van der Waals surface area contributed by atoms with E-state index in [9.17, 15) is 0 Å². The lowest BCUT2D eigenvalue weighted by Gasteiger charge is -2.03. The van der Waals surface area contributed by atoms with Crippen LogP contribution in [0.4, 0.5) is 0 Å². The van der Waals surface area contributed by atoms with Gasteiger partial charge in [0.1, 0.15) is 0 Å². The van der Waals surface area contributed by atoms with Gasteiger partial charge < -0.3 is 0 Å². The summed E-state index contributed by atoms with van der Waals surface area (Å²) in [6.07, 6.45) is 2.41. The first-order valence-corrected chi connectivity index (χ1v) is 6.25. The van der Waals surface area contributed by atoms with Gasteiger partial charge in [-0.1, -0.05) is 33.6 Å². The highest BCUT2D eigenvalue weighted by Crippen LogP contribution is 2.16. The summed E-state index contributed by atoms with van der Waals surface area (Å²) in [6.45, 7) is 2.14. The minimum absolute atomic E-state index is 1.09. The fraction of sp³-hybridized carbons (Fsp3) is 0.400. The molecule has 66 valence electrons. The van der Waals surface area contributed by atoms with Crippen LogP contribution in [0.1, 0.15) is 17.5 Å². The topological polar surface area (TPSA) is 0 Å². The molecule has 1 aromatic carbocycles. The van der Waals surface area contributed by atoms with Crippen LogP contribution >= 0.6 is 38.5 Å². The van der Waals surface area contributed by atoms with E-state index in [0.717, 1.165) is 5.33 Å². The van der Waals surface area contributed by atoms with E-state index in [4.69, 9.17) is 0 Å². The number of hydrogen-bond donors (Lipinski definition) is 0. The lowest BCUT2D eigenvalue weighted by molar-refractivity contribution is 0.932. The van der Waals surface area contributed by atoms with Gasteiger partial charge in [-0.15, -0.1) is 0 Å². The van der Waals surface area contributed by atoms with Gasteiger partial charge >= 0.3 is 0 Å². The monoisotopic (exact) mass is 338 g/mol. The van der Waals surface area contributed by atoms with Crippen LogP contribution in [-0.2, 0) is 6.42 Å². The standard InChI is InChI=1S/C10H12BrI/c1-8-4-5-9(3-2-6-11)10(12)7-8/h4-5,7H,2-3,6H2,1H3. The quantitative estimate of drug-likeness (QED) is 0.578. The molecule has 0 radical (unpaired) electrons. The third kappa shape index (κ3) is 3.05. The number of hydrogen-bond acceptors (Lipinski definition) is 0. The van der Waals surface area contributed by atoms with E-state index in [0.29, 0.717) is 0 Å². The van der Waals surface area contributed by atoms with Crippen molar-refractivity contribution in [2.24, 2.45) is 0 Å². The molecule has 12 heavy (non-hydrogen) atoms. The van der Waals surface area contributed by atoms with Crippen LogP contribution in [0.25, 0.3) is 0 Å². The molecular formula is C10H12BrI. The van der Waals surface area contributed by atoms with Crippen molar-refractivity contribution in [3.8, 4) is 0 Å². The lowest BCUT2D eigenvalue weighted by atomic mass is 10.1. The molecule has 0 aliphatic heterocycles. The number of benzene rings is 1. The second-order valence-electron chi connectivity index (χ2n) is 2.89. The summed E-state index contributed by atoms with van der Waals surface area (Å²) < 4.78 is 1.40. The summed E-state index contributed by atoms with van der Waals surface area (Å²) in [5, 5.41) is 1.09. The fourth-order valence-electron chi connectivity index (χ4n) is 1.11. The third-order valence-electron chi connectivity index (χ3n) is 1.79. The smallest absolute Gasteiger partial charge is 0.0164 e. The Morgan fingerprint density at radius 1 is 1.42 bits per heavy atom. The molecule has 2 heteroatoms. The van der Waals surface area contributed by atoms with Gasteiger partial charge in [-0.25, -0.2) is 0 Å². The Balaban J connectivity index is 2.72. The Bertz CT molecular complexity index is 258. The Morgan fingerprint density at radius 3 is 2.75 bits per heavy atom. The summed E-state index contributed by atoms with van der Waals surface area (Å²) in [6, 6.07) is 6.66. The van der Waals surface area contributed by atoms with E-state index < -0.39 is 0 Å². The average Bonchev–Trinajstić information content (AvgIpc) is 2.03. The number of halogens is 2. The van der Waals surface area contributed by atoms with Crippen LogP contribution in [0, 0.1) is 10.5 Å². The van der Waals surface area contributed by atoms with Crippen molar-refractivity contribution in [2.45, 2.75) is 19.8 Å². The summed E-state index contributed by atoms with van der Waals surface area (Å²) in [7, 11) is 0. The summed E-state index contributed by atoms with van der Waals surface area (Å²) >= 11 is 5.85. The molecule has 0 saturated carbocycles. The highest BCUT2D eigenvalue weighted by Gasteiger charge is 1.98. The molecule has 1 aromatic rings. The maximum absolute atomic E-state index is 3.44. The molecule has 0 spiro atoms. The Kier molecular flexibility index (Phi) is 4.57. The van der Waals surface area contributed by atoms with Gasteiger partial charge in [0.25, 0.3) is 0 Å². The van der Waals surface area contributed by atoms with Crippen molar-refractivity contribution in [1.29, 1.82) is 0 Å². The van der Waals surface area contributed by atoms with Crippen LogP contribution in [0.15, 0.2) is 18.2 Å². The van der Waals surface area contributed by atoms with Gasteiger partial charge in [-0.05, 0) is 54.0 Å². The van der Waals surface area contributed by atoms with E-state index in [1.165, 1.54) is 27.5 Å². The average molecular weight is 339 g/mol. The zero-order chi connectivity index (χ0) is 8.97. The highest BCUT2D eigenvalue weighted by atomic mass is 127. The highest BCUT2D eigenvalue weighted by molar-refractivity contribution is 14.1. The van der Waals surface area contributed by atoms with Crippen LogP contribution in [0.3, 0.4) is 0 Å². The minimum atomic E-state index is 1.09. The molecule has 0 bridgehead atoms. The van der Waals surface area contributed by atoms with E-state index in [1.807, 2.05) is 0 Å². The zero-order valence-electron chi connectivity index (χ0n) is 7.11. The predicted molar refractivity (Wildman–Crippen MR) is 66.0 cm³/mol. The summed E-state index contributed by atoms with van der Waals surface area (Å²) in [5.41, 5.74) is 2.82. The Morgan fingerprint density at radius 2 is 2.17 bits per heavy atom. The molecule has 0 N–H and O–H groups in total. The maximum atomic E-state index is 3.44. The van der Waals surface area contributed by atoms with E-state index in [1.54, 1.807) is 0 Å². The molecule has 0 nitrogen and oxygen atoms in total. The summed E-state index contributed by atoms with van der Waals surface area (Å²) in [4.78, 5) is 0. The van der Waals surface area contributed by atoms with Crippen molar-refractivity contribution < 1.29 is 0 Å². The van der Waals surface area contributed by atoms with Crippen molar-refractivity contribution in [1.82, 2.24) is 0 Å². The fourth-order valence-corrected chi connectivity index (χ4v) is 2.33. The molecule has 0 amide bonds. The lowest BCUT2D eigenvalue weighted by Crippen LogP contribution is -1.90. The molecule has 0 atom stereocenters. The molecule has 0 heterocycles. The minimum Gasteiger partial charge on any atom is -0.0928 e. The number of alkyl halides is 1. The molecule has 0 aliphatic rings. The second-order valence-corrected chi connectivity index (χ2v) is 4.84. The van der Waals surface area contributed by atoms with Crippen molar-refractivity contribution in [2.75, 3.05) is 5.33 Å². The molecule has 0 aromatic heterocycles. The van der Waals surface area contributed by atoms with Gasteiger partial charge in [0.15, 0.2) is 0 Å². The van der Waals surface area contributed by atoms with Gasteiger partial charge in [-0.2, -0.15) is 0 Å². The third-order valence-corrected chi connectivity index (χ3v) is 3.35. The maximum Gasteiger partial charge on any atom is 0.0164 e. The van der Waals surface area contributed by atoms with Gasteiger partial charge in [0.05, 0.1) is 0 Å². The van der Waals surface area contributed by atoms with Gasteiger partial charge in [-0.3, -0.25) is 0 Å². The van der Waals surface area contributed by atoms with Crippen molar-refractivity contribution >= 4 is 38.5 Å². The predicted octanol–water partition coefficient (Wildman–Crippen LogP) is 3.93. The molecule has 0 unspecified atom stereocenters. The Labute approximate surface area is 96.0 Å². The van der Waals surface area contributed by atoms with Crippen molar-refractivity contribution in [3.63, 3.8) is 0 Å².